The van der Waals surface area contributed by atoms with E-state index >= 15 is 0 Å². The van der Waals surface area contributed by atoms with Crippen molar-refractivity contribution in [3.05, 3.63) is 34.9 Å². The Morgan fingerprint density at radius 3 is 2.12 bits per heavy atom. The molecule has 0 heterocycles. The molecule has 7 heteroatoms. The van der Waals surface area contributed by atoms with E-state index in [1.807, 2.05) is 0 Å². The molecule has 1 aromatic carbocycles. The molecule has 0 aliphatic rings. The maximum atomic E-state index is 13.3. The quantitative estimate of drug-likeness (QED) is 0.850. The monoisotopic (exact) mass is 277 g/mol. The van der Waals surface area contributed by atoms with E-state index in [0.717, 1.165) is 30.2 Å². The van der Waals surface area contributed by atoms with Crippen LogP contribution in [0.25, 0.3) is 0 Å². The van der Waals surface area contributed by atoms with E-state index in [2.05, 4.69) is 0 Å². The largest absolute Gasteiger partial charge is 0.228 e. The Hall–Kier alpha value is -1.13. The number of hydrogen-bond acceptors (Lipinski definition) is 4. The number of halogens is 2. The van der Waals surface area contributed by atoms with Crippen molar-refractivity contribution in [2.45, 2.75) is 4.58 Å². The summed E-state index contributed by atoms with van der Waals surface area (Å²) in [5.41, 5.74) is -0.712. The lowest BCUT2D eigenvalue weighted by molar-refractivity contribution is 0.573. The summed E-state index contributed by atoms with van der Waals surface area (Å²) in [5.74, 6) is -2.10. The fraction of sp³-hybridized carbons (Fsp3) is 0.300. The van der Waals surface area contributed by atoms with Crippen LogP contribution < -0.4 is 0 Å². The molecule has 0 N–H and O–H groups in total. The minimum atomic E-state index is -3.47. The molecule has 0 aliphatic heterocycles. The second-order valence-electron chi connectivity index (χ2n) is 3.37. The first-order valence-electron chi connectivity index (χ1n) is 4.42. The summed E-state index contributed by atoms with van der Waals surface area (Å²) in [6.07, 6.45) is 2.52. The Labute approximate surface area is 102 Å². The van der Waals surface area contributed by atoms with Crippen molar-refractivity contribution in [1.29, 1.82) is 5.26 Å². The lowest BCUT2D eigenvalue weighted by atomic mass is 10.1. The van der Waals surface area contributed by atoms with Gasteiger partial charge in [0.05, 0.1) is 0 Å². The summed E-state index contributed by atoms with van der Waals surface area (Å²) in [7, 11) is -3.47. The Balaban J connectivity index is 3.40. The smallest absolute Gasteiger partial charge is 0.163 e. The average molecular weight is 277 g/mol. The minimum Gasteiger partial charge on any atom is -0.228 e. The SMILES string of the molecule is CSC(c1cc(F)c(C#N)c(F)c1)S(C)(=O)=O. The van der Waals surface area contributed by atoms with E-state index in [1.165, 1.54) is 12.3 Å². The molecule has 0 aliphatic carbocycles. The van der Waals surface area contributed by atoms with Gasteiger partial charge in [0.2, 0.25) is 0 Å². The lowest BCUT2D eigenvalue weighted by Crippen LogP contribution is -2.09. The number of nitrogens with zero attached hydrogens (tertiary/aromatic N) is 1. The number of rotatable bonds is 3. The summed E-state index contributed by atoms with van der Waals surface area (Å²) in [4.78, 5) is 0. The van der Waals surface area contributed by atoms with Gasteiger partial charge >= 0.3 is 0 Å². The highest BCUT2D eigenvalue weighted by Gasteiger charge is 2.24. The molecule has 1 unspecified atom stereocenters. The maximum absolute atomic E-state index is 13.3. The Bertz CT molecular complexity index is 555. The predicted octanol–water partition coefficient (Wildman–Crippen LogP) is 2.24. The van der Waals surface area contributed by atoms with Crippen molar-refractivity contribution in [2.75, 3.05) is 12.5 Å². The molecule has 0 aromatic heterocycles. The molecule has 1 aromatic rings. The van der Waals surface area contributed by atoms with Gasteiger partial charge in [-0.15, -0.1) is 11.8 Å². The first kappa shape index (κ1) is 13.9. The molecule has 0 bridgehead atoms. The van der Waals surface area contributed by atoms with Gasteiger partial charge in [-0.1, -0.05) is 0 Å². The van der Waals surface area contributed by atoms with Gasteiger partial charge in [0.1, 0.15) is 27.8 Å². The van der Waals surface area contributed by atoms with Crippen molar-refractivity contribution < 1.29 is 17.2 Å². The van der Waals surface area contributed by atoms with Gasteiger partial charge in [0.15, 0.2) is 9.84 Å². The molecule has 0 fully saturated rings. The van der Waals surface area contributed by atoms with Crippen molar-refractivity contribution in [3.63, 3.8) is 0 Å². The first-order valence-corrected chi connectivity index (χ1v) is 7.66. The van der Waals surface area contributed by atoms with Crippen LogP contribution in [0.15, 0.2) is 12.1 Å². The van der Waals surface area contributed by atoms with E-state index in [1.54, 1.807) is 0 Å². The van der Waals surface area contributed by atoms with E-state index in [4.69, 9.17) is 5.26 Å². The molecular weight excluding hydrogens is 268 g/mol. The molecular formula is C10H9F2NO2S2. The number of thioether (sulfide) groups is 1. The zero-order valence-corrected chi connectivity index (χ0v) is 10.7. The van der Waals surface area contributed by atoms with Crippen LogP contribution in [0.5, 0.6) is 0 Å². The van der Waals surface area contributed by atoms with Crippen molar-refractivity contribution in [3.8, 4) is 6.07 Å². The number of benzene rings is 1. The van der Waals surface area contributed by atoms with E-state index in [0.29, 0.717) is 0 Å². The van der Waals surface area contributed by atoms with Gasteiger partial charge in [-0.05, 0) is 24.0 Å². The van der Waals surface area contributed by atoms with Crippen LogP contribution in [0.2, 0.25) is 0 Å². The molecule has 17 heavy (non-hydrogen) atoms. The molecule has 3 nitrogen and oxygen atoms in total. The van der Waals surface area contributed by atoms with Gasteiger partial charge in [-0.3, -0.25) is 0 Å². The third-order valence-corrected chi connectivity index (χ3v) is 5.43. The van der Waals surface area contributed by atoms with Crippen LogP contribution in [0.3, 0.4) is 0 Å². The minimum absolute atomic E-state index is 0.00556. The van der Waals surface area contributed by atoms with Crippen LogP contribution in [-0.4, -0.2) is 20.9 Å². The molecule has 0 spiro atoms. The number of sulfone groups is 1. The number of nitriles is 1. The standard InChI is InChI=1S/C10H9F2NO2S2/c1-16-10(17(2,14)15)6-3-8(11)7(5-13)9(12)4-6/h3-4,10H,1-2H3. The molecule has 1 rings (SSSR count). The molecule has 0 amide bonds. The van der Waals surface area contributed by atoms with Gasteiger partial charge in [-0.25, -0.2) is 17.2 Å². The second-order valence-corrected chi connectivity index (χ2v) is 6.74. The van der Waals surface area contributed by atoms with Crippen molar-refractivity contribution in [2.24, 2.45) is 0 Å². The highest BCUT2D eigenvalue weighted by atomic mass is 32.3. The summed E-state index contributed by atoms with van der Waals surface area (Å²) >= 11 is 0.957. The van der Waals surface area contributed by atoms with Crippen LogP contribution in [-0.2, 0) is 9.84 Å². The first-order chi connectivity index (χ1) is 7.81. The fourth-order valence-electron chi connectivity index (χ4n) is 1.39. The van der Waals surface area contributed by atoms with Gasteiger partial charge in [-0.2, -0.15) is 5.26 Å². The van der Waals surface area contributed by atoms with Gasteiger partial charge < -0.3 is 0 Å². The van der Waals surface area contributed by atoms with Crippen molar-refractivity contribution >= 4 is 21.6 Å². The third-order valence-electron chi connectivity index (χ3n) is 2.05. The van der Waals surface area contributed by atoms with E-state index < -0.39 is 31.6 Å². The summed E-state index contributed by atoms with van der Waals surface area (Å²) in [6, 6.07) is 3.14. The third kappa shape index (κ3) is 2.96. The van der Waals surface area contributed by atoms with Gasteiger partial charge in [0, 0.05) is 6.26 Å². The average Bonchev–Trinajstić information content (AvgIpc) is 2.15. The topological polar surface area (TPSA) is 57.9 Å². The molecule has 0 saturated carbocycles. The normalized spacial score (nSPS) is 13.1. The van der Waals surface area contributed by atoms with E-state index in [9.17, 15) is 17.2 Å². The Kier molecular flexibility index (Phi) is 4.11. The zero-order chi connectivity index (χ0) is 13.2. The Morgan fingerprint density at radius 1 is 1.35 bits per heavy atom. The number of hydrogen-bond donors (Lipinski definition) is 0. The second kappa shape index (κ2) is 5.02. The summed E-state index contributed by atoms with van der Waals surface area (Å²) < 4.78 is 48.4. The molecule has 1 atom stereocenters. The van der Waals surface area contributed by atoms with Crippen LogP contribution >= 0.6 is 11.8 Å². The van der Waals surface area contributed by atoms with Crippen LogP contribution in [0.4, 0.5) is 8.78 Å². The molecule has 0 saturated heterocycles. The Morgan fingerprint density at radius 2 is 1.82 bits per heavy atom. The maximum Gasteiger partial charge on any atom is 0.163 e. The molecule has 0 radical (unpaired) electrons. The van der Waals surface area contributed by atoms with E-state index in [-0.39, 0.29) is 5.56 Å². The summed E-state index contributed by atoms with van der Waals surface area (Å²) in [6.45, 7) is 0. The van der Waals surface area contributed by atoms with Crippen molar-refractivity contribution in [1.82, 2.24) is 0 Å². The molecule has 92 valence electrons. The fourth-order valence-corrected chi connectivity index (χ4v) is 3.83. The zero-order valence-electron chi connectivity index (χ0n) is 9.07. The highest BCUT2D eigenvalue weighted by Crippen LogP contribution is 2.33. The van der Waals surface area contributed by atoms with Crippen LogP contribution in [0, 0.1) is 23.0 Å². The lowest BCUT2D eigenvalue weighted by Gasteiger charge is -2.13. The highest BCUT2D eigenvalue weighted by molar-refractivity contribution is 8.12. The van der Waals surface area contributed by atoms with Gasteiger partial charge in [0.25, 0.3) is 0 Å². The predicted molar refractivity (Wildman–Crippen MR) is 62.2 cm³/mol. The van der Waals surface area contributed by atoms with Crippen LogP contribution in [0.1, 0.15) is 15.7 Å². The summed E-state index contributed by atoms with van der Waals surface area (Å²) in [5, 5.41) is 8.49.